The first-order valence-electron chi connectivity index (χ1n) is 19.0. The second-order valence-corrected chi connectivity index (χ2v) is 18.3. The highest BCUT2D eigenvalue weighted by Gasteiger charge is 2.59. The Kier molecular flexibility index (Phi) is 27.0. The van der Waals surface area contributed by atoms with Crippen LogP contribution in [0.1, 0.15) is 104 Å². The van der Waals surface area contributed by atoms with Crippen molar-refractivity contribution < 1.29 is 104 Å². The largest absolute Gasteiger partial charge is 0.472 e. The van der Waals surface area contributed by atoms with E-state index in [-0.39, 0.29) is 6.42 Å². The fraction of sp³-hybridized carbons (Fsp3) is 0.714. The third-order valence-electron chi connectivity index (χ3n) is 8.23. The summed E-state index contributed by atoms with van der Waals surface area (Å²) >= 11 is 0. The molecule has 0 aliphatic heterocycles. The van der Waals surface area contributed by atoms with Gasteiger partial charge in [0.15, 0.2) is 6.10 Å². The Balaban J connectivity index is 3.08. The summed E-state index contributed by atoms with van der Waals surface area (Å²) in [5.41, 5.74) is 0. The van der Waals surface area contributed by atoms with E-state index in [1.165, 1.54) is 38.5 Å². The van der Waals surface area contributed by atoms with Crippen molar-refractivity contribution in [1.82, 2.24) is 0 Å². The first-order chi connectivity index (χ1) is 28.5. The maximum absolute atomic E-state index is 13.1. The van der Waals surface area contributed by atoms with E-state index in [1.807, 2.05) is 5.92 Å². The Morgan fingerprint density at radius 2 is 0.984 bits per heavy atom. The number of aliphatic hydroxyl groups is 2. The average molecular weight is 951 g/mol. The number of rotatable bonds is 28. The number of aliphatic hydroxyl groups excluding tert-OH is 2. The highest BCUT2D eigenvalue weighted by molar-refractivity contribution is 7.47. The lowest BCUT2D eigenvalue weighted by molar-refractivity contribution is -0.209. The summed E-state index contributed by atoms with van der Waals surface area (Å²) < 4.78 is 80.9. The van der Waals surface area contributed by atoms with Gasteiger partial charge in [0.25, 0.3) is 0 Å². The minimum atomic E-state index is -5.80. The zero-order valence-electron chi connectivity index (χ0n) is 33.5. The van der Waals surface area contributed by atoms with Crippen LogP contribution in [0.25, 0.3) is 0 Å². The third-order valence-corrected chi connectivity index (χ3v) is 10.8. The van der Waals surface area contributed by atoms with E-state index >= 15 is 0 Å². The van der Waals surface area contributed by atoms with Crippen LogP contribution in [0.15, 0.2) is 0 Å². The van der Waals surface area contributed by atoms with Crippen molar-refractivity contribution in [3.8, 4) is 47.4 Å². The maximum Gasteiger partial charge on any atom is 0.472 e. The molecule has 1 saturated carbocycles. The van der Waals surface area contributed by atoms with Gasteiger partial charge in [-0.1, -0.05) is 89.9 Å². The second-order valence-electron chi connectivity index (χ2n) is 13.3. The van der Waals surface area contributed by atoms with E-state index in [1.54, 1.807) is 6.92 Å². The molecule has 346 valence electrons. The topological polar surface area (TPSA) is 349 Å². The van der Waals surface area contributed by atoms with Crippen LogP contribution in [0.4, 0.5) is 0 Å². The fourth-order valence-corrected chi connectivity index (χ4v) is 8.25. The van der Waals surface area contributed by atoms with Gasteiger partial charge < -0.3 is 53.9 Å². The SMILES string of the molecule is CC#CC#CC#CC#CC(=O)OC[C@H](COP(=O)(O)OC1C(O)[C@@H](OP(=O)(O)O)C(OP(=O)(O)O)[C@@H](OP(=O)(O)O)[C@H]1O)OC(=O)CCCCCCCCCCCCCCC. The molecular formula is C35H54O22P4. The van der Waals surface area contributed by atoms with E-state index in [9.17, 15) is 72.3 Å². The minimum Gasteiger partial charge on any atom is -0.456 e. The molecule has 1 aliphatic carbocycles. The maximum atomic E-state index is 13.1. The van der Waals surface area contributed by atoms with Crippen LogP contribution in [0.5, 0.6) is 0 Å². The average Bonchev–Trinajstić information content (AvgIpc) is 3.14. The molecule has 0 aromatic heterocycles. The Bertz CT molecular complexity index is 1790. The molecule has 22 nitrogen and oxygen atoms in total. The van der Waals surface area contributed by atoms with E-state index < -0.39 is 99.2 Å². The minimum absolute atomic E-state index is 0.117. The van der Waals surface area contributed by atoms with Gasteiger partial charge in [0.2, 0.25) is 0 Å². The van der Waals surface area contributed by atoms with E-state index in [2.05, 4.69) is 61.9 Å². The first kappa shape index (κ1) is 56.6. The normalized spacial score (nSPS) is 21.7. The van der Waals surface area contributed by atoms with Crippen LogP contribution < -0.4 is 0 Å². The number of esters is 2. The number of carbonyl (C=O) groups is 2. The Morgan fingerprint density at radius 1 is 0.557 bits per heavy atom. The summed E-state index contributed by atoms with van der Waals surface area (Å²) in [4.78, 5) is 91.6. The van der Waals surface area contributed by atoms with Gasteiger partial charge in [0.05, 0.1) is 6.61 Å². The zero-order valence-corrected chi connectivity index (χ0v) is 37.1. The third kappa shape index (κ3) is 27.4. The second kappa shape index (κ2) is 29.1. The number of carbonyl (C=O) groups excluding carboxylic acids is 2. The molecule has 1 fully saturated rings. The lowest BCUT2D eigenvalue weighted by Gasteiger charge is -2.45. The Labute approximate surface area is 354 Å². The van der Waals surface area contributed by atoms with Crippen molar-refractivity contribution in [3.05, 3.63) is 0 Å². The molecular weight excluding hydrogens is 896 g/mol. The van der Waals surface area contributed by atoms with Gasteiger partial charge in [-0.05, 0) is 48.9 Å². The van der Waals surface area contributed by atoms with Gasteiger partial charge in [-0.15, -0.1) is 0 Å². The lowest BCUT2D eigenvalue weighted by Crippen LogP contribution is -2.65. The monoisotopic (exact) mass is 950 g/mol. The molecule has 0 bridgehead atoms. The van der Waals surface area contributed by atoms with Gasteiger partial charge >= 0.3 is 43.2 Å². The van der Waals surface area contributed by atoms with Crippen LogP contribution in [-0.2, 0) is 59.9 Å². The quantitative estimate of drug-likeness (QED) is 0.0179. The van der Waals surface area contributed by atoms with Crippen molar-refractivity contribution in [2.75, 3.05) is 13.2 Å². The van der Waals surface area contributed by atoms with Crippen molar-refractivity contribution in [3.63, 3.8) is 0 Å². The smallest absolute Gasteiger partial charge is 0.456 e. The number of hydrogen-bond donors (Lipinski definition) is 9. The summed E-state index contributed by atoms with van der Waals surface area (Å²) in [5.74, 6) is 16.4. The predicted octanol–water partition coefficient (Wildman–Crippen LogP) is 2.63. The van der Waals surface area contributed by atoms with E-state index in [0.717, 1.165) is 32.1 Å². The molecule has 1 rings (SSSR count). The highest BCUT2D eigenvalue weighted by atomic mass is 31.2. The molecule has 26 heteroatoms. The predicted molar refractivity (Wildman–Crippen MR) is 211 cm³/mol. The summed E-state index contributed by atoms with van der Waals surface area (Å²) in [6.45, 7) is 1.79. The molecule has 1 aliphatic rings. The number of phosphoric acid groups is 4. The number of hydrogen-bond acceptors (Lipinski definition) is 15. The molecule has 61 heavy (non-hydrogen) atoms. The fourth-order valence-electron chi connectivity index (χ4n) is 5.60. The van der Waals surface area contributed by atoms with Gasteiger partial charge in [-0.3, -0.25) is 27.4 Å². The zero-order chi connectivity index (χ0) is 46.1. The van der Waals surface area contributed by atoms with Crippen LogP contribution in [0, 0.1) is 47.4 Å². The Morgan fingerprint density at radius 3 is 1.44 bits per heavy atom. The molecule has 8 atom stereocenters. The summed E-state index contributed by atoms with van der Waals surface area (Å²) in [7, 11) is -23.1. The van der Waals surface area contributed by atoms with Crippen molar-refractivity contribution in [2.24, 2.45) is 0 Å². The van der Waals surface area contributed by atoms with Gasteiger partial charge in [-0.2, -0.15) is 0 Å². The molecule has 0 aromatic rings. The molecule has 0 saturated heterocycles. The van der Waals surface area contributed by atoms with Crippen LogP contribution in [-0.4, -0.2) is 112 Å². The molecule has 0 amide bonds. The van der Waals surface area contributed by atoms with Crippen molar-refractivity contribution in [2.45, 2.75) is 146 Å². The molecule has 0 aromatic carbocycles. The number of phosphoric ester groups is 4. The Hall–Kier alpha value is -2.46. The highest BCUT2D eigenvalue weighted by Crippen LogP contribution is 2.53. The summed E-state index contributed by atoms with van der Waals surface area (Å²) in [5, 5.41) is 21.7. The molecule has 0 spiro atoms. The van der Waals surface area contributed by atoms with Crippen LogP contribution in [0.2, 0.25) is 0 Å². The van der Waals surface area contributed by atoms with Gasteiger partial charge in [-0.25, -0.2) is 23.1 Å². The lowest BCUT2D eigenvalue weighted by atomic mass is 9.85. The van der Waals surface area contributed by atoms with Crippen LogP contribution in [0.3, 0.4) is 0 Å². The summed E-state index contributed by atoms with van der Waals surface area (Å²) in [6.07, 6.45) is -4.79. The van der Waals surface area contributed by atoms with Crippen molar-refractivity contribution >= 4 is 43.2 Å². The van der Waals surface area contributed by atoms with Crippen LogP contribution >= 0.6 is 31.3 Å². The molecule has 0 radical (unpaired) electrons. The molecule has 9 N–H and O–H groups in total. The number of ether oxygens (including phenoxy) is 2. The van der Waals surface area contributed by atoms with Gasteiger partial charge in [0.1, 0.15) is 43.2 Å². The number of unbranched alkanes of at least 4 members (excludes halogenated alkanes) is 12. The first-order valence-corrected chi connectivity index (χ1v) is 25.1. The van der Waals surface area contributed by atoms with E-state index in [4.69, 9.17) is 18.5 Å². The van der Waals surface area contributed by atoms with E-state index in [0.29, 0.717) is 12.8 Å². The standard InChI is InChI=1S/C35H54O22P4/c1-3-5-7-9-11-12-13-14-15-16-18-20-22-24-29(37)53-27(25-51-28(36)23-21-19-17-10-8-6-4-2)26-52-61(49,50)57-32-30(38)33(54-58(40,41)42)35(56-60(46,47)48)34(31(32)39)55-59(43,44)45/h27,30-35,38-39H,3,5,7,9,11-16,18,20,22,24-26H2,1-2H3,(H,49,50)(H2,40,41,42)(H2,43,44,45)(H2,46,47,48)/t27-,30+,31?,32?,33+,34-,35?/m1/s1. The summed E-state index contributed by atoms with van der Waals surface area (Å²) in [6, 6.07) is 0. The van der Waals surface area contributed by atoms with Gasteiger partial charge in [0, 0.05) is 12.3 Å². The van der Waals surface area contributed by atoms with Crippen molar-refractivity contribution in [1.29, 1.82) is 0 Å². The molecule has 0 heterocycles. The molecule has 4 unspecified atom stereocenters.